The van der Waals surface area contributed by atoms with E-state index in [1.54, 1.807) is 0 Å². The van der Waals surface area contributed by atoms with Crippen LogP contribution in [-0.2, 0) is 10.9 Å². The van der Waals surface area contributed by atoms with Crippen LogP contribution in [0.4, 0.5) is 0 Å². The van der Waals surface area contributed by atoms with Gasteiger partial charge in [-0.2, -0.15) is 0 Å². The number of hydrogen-bond acceptors (Lipinski definition) is 2. The third-order valence-electron chi connectivity index (χ3n) is 2.98. The van der Waals surface area contributed by atoms with Crippen LogP contribution in [0, 0.1) is 13.8 Å². The molecule has 3 rings (SSSR count). The molecule has 96 valence electrons. The monoisotopic (exact) mass is 303 g/mol. The van der Waals surface area contributed by atoms with Crippen molar-refractivity contribution in [2.75, 3.05) is 0 Å². The van der Waals surface area contributed by atoms with Gasteiger partial charge in [0.25, 0.3) is 0 Å². The zero-order valence-electron chi connectivity index (χ0n) is 10.9. The Hall–Kier alpha value is -1.03. The van der Waals surface area contributed by atoms with Gasteiger partial charge >= 0.3 is 0 Å². The predicted octanol–water partition coefficient (Wildman–Crippen LogP) is 5.52. The van der Waals surface area contributed by atoms with E-state index in [1.807, 2.05) is 22.7 Å². The molecule has 3 heteroatoms. The van der Waals surface area contributed by atoms with E-state index in [-0.39, 0.29) is 10.9 Å². The summed E-state index contributed by atoms with van der Waals surface area (Å²) >= 11 is 3.76. The van der Waals surface area contributed by atoms with E-state index in [4.69, 9.17) is 0 Å². The van der Waals surface area contributed by atoms with E-state index in [9.17, 15) is 0 Å². The third kappa shape index (κ3) is 2.50. The number of thiophene rings is 2. The lowest BCUT2D eigenvalue weighted by molar-refractivity contribution is 1.33. The van der Waals surface area contributed by atoms with E-state index in [0.717, 1.165) is 0 Å². The SMILES string of the molecule is Cc1ccsc1[S+](c1ccccc1)c1sccc1C. The maximum absolute atomic E-state index is 2.25. The molecule has 1 aromatic carbocycles. The van der Waals surface area contributed by atoms with Gasteiger partial charge in [0, 0.05) is 11.1 Å². The molecule has 0 saturated carbocycles. The quantitative estimate of drug-likeness (QED) is 0.559. The lowest BCUT2D eigenvalue weighted by atomic mass is 10.4. The molecule has 0 fully saturated rings. The first-order valence-corrected chi connectivity index (χ1v) is 9.13. The van der Waals surface area contributed by atoms with Crippen molar-refractivity contribution < 1.29 is 0 Å². The summed E-state index contributed by atoms with van der Waals surface area (Å²) in [7, 11) is 0.0615. The van der Waals surface area contributed by atoms with E-state index < -0.39 is 0 Å². The summed E-state index contributed by atoms with van der Waals surface area (Å²) in [6.45, 7) is 4.44. The molecule has 0 unspecified atom stereocenters. The summed E-state index contributed by atoms with van der Waals surface area (Å²) in [5, 5.41) is 4.41. The molecule has 0 N–H and O–H groups in total. The normalized spacial score (nSPS) is 11.1. The van der Waals surface area contributed by atoms with Gasteiger partial charge in [0.2, 0.25) is 8.42 Å². The molecule has 0 atom stereocenters. The van der Waals surface area contributed by atoms with Crippen LogP contribution in [0.1, 0.15) is 11.1 Å². The molecular formula is C16H15S3+. The number of benzene rings is 1. The first kappa shape index (κ1) is 13.0. The number of aryl methyl sites for hydroxylation is 2. The minimum atomic E-state index is 0.0615. The van der Waals surface area contributed by atoms with Gasteiger partial charge in [-0.3, -0.25) is 0 Å². The first-order chi connectivity index (χ1) is 9.27. The van der Waals surface area contributed by atoms with Gasteiger partial charge in [-0.15, -0.1) is 0 Å². The van der Waals surface area contributed by atoms with E-state index in [1.165, 1.54) is 24.4 Å². The Morgan fingerprint density at radius 1 is 0.737 bits per heavy atom. The summed E-state index contributed by atoms with van der Waals surface area (Å²) in [6, 6.07) is 15.3. The van der Waals surface area contributed by atoms with Crippen LogP contribution < -0.4 is 0 Å². The topological polar surface area (TPSA) is 0 Å². The van der Waals surface area contributed by atoms with Crippen molar-refractivity contribution in [2.24, 2.45) is 0 Å². The second kappa shape index (κ2) is 5.53. The maximum Gasteiger partial charge on any atom is 0.224 e. The van der Waals surface area contributed by atoms with Crippen LogP contribution in [0.3, 0.4) is 0 Å². The molecule has 0 aliphatic heterocycles. The summed E-state index contributed by atoms with van der Waals surface area (Å²) in [5.74, 6) is 0. The van der Waals surface area contributed by atoms with Crippen LogP contribution in [0.5, 0.6) is 0 Å². The molecule has 0 amide bonds. The fraction of sp³-hybridized carbons (Fsp3) is 0.125. The van der Waals surface area contributed by atoms with E-state index >= 15 is 0 Å². The molecular weight excluding hydrogens is 288 g/mol. The maximum atomic E-state index is 2.25. The van der Waals surface area contributed by atoms with Gasteiger partial charge < -0.3 is 0 Å². The van der Waals surface area contributed by atoms with Crippen LogP contribution >= 0.6 is 22.7 Å². The van der Waals surface area contributed by atoms with E-state index in [0.29, 0.717) is 0 Å². The summed E-state index contributed by atoms with van der Waals surface area (Å²) in [6.07, 6.45) is 0. The van der Waals surface area contributed by atoms with Crippen molar-refractivity contribution in [1.82, 2.24) is 0 Å². The minimum Gasteiger partial charge on any atom is -0.0933 e. The van der Waals surface area contributed by atoms with Crippen LogP contribution in [0.25, 0.3) is 0 Å². The molecule has 2 heterocycles. The Labute approximate surface area is 125 Å². The highest BCUT2D eigenvalue weighted by molar-refractivity contribution is 8.00. The van der Waals surface area contributed by atoms with Gasteiger partial charge in [-0.25, -0.2) is 0 Å². The molecule has 0 aliphatic rings. The molecule has 0 nitrogen and oxygen atoms in total. The predicted molar refractivity (Wildman–Crippen MR) is 86.7 cm³/mol. The molecule has 0 saturated heterocycles. The average molecular weight is 303 g/mol. The molecule has 0 spiro atoms. The highest BCUT2D eigenvalue weighted by Gasteiger charge is 2.33. The zero-order valence-corrected chi connectivity index (χ0v) is 13.4. The highest BCUT2D eigenvalue weighted by Crippen LogP contribution is 2.39. The first-order valence-electron chi connectivity index (χ1n) is 6.15. The van der Waals surface area contributed by atoms with Crippen molar-refractivity contribution in [1.29, 1.82) is 0 Å². The Balaban J connectivity index is 2.18. The largest absolute Gasteiger partial charge is 0.224 e. The molecule has 19 heavy (non-hydrogen) atoms. The van der Waals surface area contributed by atoms with E-state index in [2.05, 4.69) is 67.1 Å². The van der Waals surface area contributed by atoms with Crippen molar-refractivity contribution in [3.8, 4) is 0 Å². The summed E-state index contributed by atoms with van der Waals surface area (Å²) in [5.41, 5.74) is 2.81. The molecule has 0 aliphatic carbocycles. The van der Waals surface area contributed by atoms with Crippen molar-refractivity contribution in [2.45, 2.75) is 27.2 Å². The van der Waals surface area contributed by atoms with Gasteiger partial charge in [-0.05, 0) is 48.9 Å². The zero-order chi connectivity index (χ0) is 13.2. The molecule has 2 aromatic heterocycles. The second-order valence-corrected chi connectivity index (χ2v) is 8.65. The third-order valence-corrected chi connectivity index (χ3v) is 8.30. The average Bonchev–Trinajstić information content (AvgIpc) is 3.02. The Kier molecular flexibility index (Phi) is 3.78. The number of rotatable bonds is 3. The Bertz CT molecular complexity index is 624. The second-order valence-electron chi connectivity index (χ2n) is 4.40. The van der Waals surface area contributed by atoms with Gasteiger partial charge in [0.15, 0.2) is 4.90 Å². The standard InChI is InChI=1S/C16H15S3/c1-12-8-10-17-15(12)19(14-6-4-3-5-7-14)16-13(2)9-11-18-16/h3-11H,1-2H3/q+1. The van der Waals surface area contributed by atoms with Gasteiger partial charge in [0.1, 0.15) is 10.9 Å². The smallest absolute Gasteiger partial charge is 0.0933 e. The summed E-state index contributed by atoms with van der Waals surface area (Å²) < 4.78 is 2.99. The lowest BCUT2D eigenvalue weighted by Gasteiger charge is -2.05. The fourth-order valence-corrected chi connectivity index (χ4v) is 7.43. The van der Waals surface area contributed by atoms with Crippen LogP contribution in [0.2, 0.25) is 0 Å². The molecule has 0 radical (unpaired) electrons. The number of hydrogen-bond donors (Lipinski definition) is 0. The highest BCUT2D eigenvalue weighted by atomic mass is 32.2. The van der Waals surface area contributed by atoms with Gasteiger partial charge in [0.05, 0.1) is 0 Å². The molecule has 0 bridgehead atoms. The Morgan fingerprint density at radius 3 is 1.68 bits per heavy atom. The minimum absolute atomic E-state index is 0.0615. The lowest BCUT2D eigenvalue weighted by Crippen LogP contribution is -2.03. The summed E-state index contributed by atoms with van der Waals surface area (Å²) in [4.78, 5) is 1.42. The Morgan fingerprint density at radius 2 is 1.26 bits per heavy atom. The van der Waals surface area contributed by atoms with Crippen molar-refractivity contribution in [3.05, 3.63) is 64.4 Å². The molecule has 3 aromatic rings. The van der Waals surface area contributed by atoms with Crippen molar-refractivity contribution in [3.63, 3.8) is 0 Å². The van der Waals surface area contributed by atoms with Crippen LogP contribution in [0.15, 0.2) is 66.5 Å². The van der Waals surface area contributed by atoms with Crippen molar-refractivity contribution >= 4 is 33.6 Å². The fourth-order valence-electron chi connectivity index (χ4n) is 1.99. The van der Waals surface area contributed by atoms with Crippen LogP contribution in [-0.4, -0.2) is 0 Å². The van der Waals surface area contributed by atoms with Gasteiger partial charge in [-0.1, -0.05) is 40.9 Å².